The molecule has 102 valence electrons. The number of thioether (sulfide) groups is 1. The van der Waals surface area contributed by atoms with E-state index in [2.05, 4.69) is 20.7 Å². The van der Waals surface area contributed by atoms with Crippen molar-refractivity contribution in [3.63, 3.8) is 0 Å². The van der Waals surface area contributed by atoms with Crippen LogP contribution in [0.3, 0.4) is 0 Å². The minimum Gasteiger partial charge on any atom is -0.462 e. The zero-order valence-electron chi connectivity index (χ0n) is 9.55. The molecule has 0 saturated heterocycles. The van der Waals surface area contributed by atoms with E-state index < -0.39 is 28.1 Å². The Hall–Kier alpha value is -1.20. The number of ether oxygens (including phenoxy) is 1. The van der Waals surface area contributed by atoms with Crippen LogP contribution >= 0.6 is 27.7 Å². The molecular weight excluding hydrogens is 347 g/mol. The molecule has 0 spiro atoms. The summed E-state index contributed by atoms with van der Waals surface area (Å²) in [5, 5.41) is 8.87. The third-order valence-electron chi connectivity index (χ3n) is 1.89. The molecule has 0 heterocycles. The number of carbonyl (C=O) groups is 1. The second-order valence-electron chi connectivity index (χ2n) is 3.21. The number of hydrogen-bond donors (Lipinski definition) is 0. The molecule has 0 N–H and O–H groups in total. The predicted octanol–water partition coefficient (Wildman–Crippen LogP) is 4.11. The molecular formula is C11H7BrF3NO2S. The van der Waals surface area contributed by atoms with Crippen LogP contribution in [0, 0.1) is 11.3 Å². The lowest BCUT2D eigenvalue weighted by molar-refractivity contribution is -0.0328. The van der Waals surface area contributed by atoms with E-state index in [1.165, 1.54) is 19.1 Å². The molecule has 1 rings (SSSR count). The first kappa shape index (κ1) is 15.9. The van der Waals surface area contributed by atoms with Gasteiger partial charge in [-0.3, -0.25) is 0 Å². The Kier molecular flexibility index (Phi) is 5.26. The molecule has 0 radical (unpaired) electrons. The molecule has 0 amide bonds. The molecule has 0 bridgehead atoms. The van der Waals surface area contributed by atoms with Gasteiger partial charge in [0.25, 0.3) is 0 Å². The summed E-state index contributed by atoms with van der Waals surface area (Å²) < 4.78 is 42.5. The van der Waals surface area contributed by atoms with Crippen LogP contribution in [0.4, 0.5) is 13.2 Å². The Morgan fingerprint density at radius 3 is 2.63 bits per heavy atom. The van der Waals surface area contributed by atoms with Gasteiger partial charge in [-0.1, -0.05) is 15.9 Å². The van der Waals surface area contributed by atoms with Crippen molar-refractivity contribution in [1.29, 1.82) is 5.26 Å². The Labute approximate surface area is 119 Å². The average molecular weight is 354 g/mol. The highest BCUT2D eigenvalue weighted by atomic mass is 79.9. The van der Waals surface area contributed by atoms with Crippen LogP contribution in [0.5, 0.6) is 0 Å². The van der Waals surface area contributed by atoms with E-state index in [0.717, 1.165) is 0 Å². The standard InChI is InChI=1S/C11H7BrF3NO2S/c1-2-18-10(17)8-4-7(12)3-6(5-16)9(8)19-11(13,14)15/h3-4H,2H2,1H3. The van der Waals surface area contributed by atoms with Gasteiger partial charge in [0.05, 0.1) is 17.7 Å². The van der Waals surface area contributed by atoms with Gasteiger partial charge in [-0.2, -0.15) is 18.4 Å². The summed E-state index contributed by atoms with van der Waals surface area (Å²) in [4.78, 5) is 11.2. The van der Waals surface area contributed by atoms with Gasteiger partial charge in [0.2, 0.25) is 0 Å². The third kappa shape index (κ3) is 4.44. The first-order valence-electron chi connectivity index (χ1n) is 4.95. The molecule has 0 atom stereocenters. The quantitative estimate of drug-likeness (QED) is 0.606. The van der Waals surface area contributed by atoms with Crippen molar-refractivity contribution in [3.05, 3.63) is 27.7 Å². The van der Waals surface area contributed by atoms with E-state index in [9.17, 15) is 18.0 Å². The van der Waals surface area contributed by atoms with Gasteiger partial charge in [-0.25, -0.2) is 4.79 Å². The van der Waals surface area contributed by atoms with Crippen molar-refractivity contribution in [2.24, 2.45) is 0 Å². The van der Waals surface area contributed by atoms with E-state index in [1.807, 2.05) is 0 Å². The summed E-state index contributed by atoms with van der Waals surface area (Å²) in [6.45, 7) is 1.57. The number of carbonyl (C=O) groups excluding carboxylic acids is 1. The van der Waals surface area contributed by atoms with Crippen LogP contribution < -0.4 is 0 Å². The number of esters is 1. The fourth-order valence-corrected chi connectivity index (χ4v) is 2.42. The molecule has 0 aliphatic carbocycles. The third-order valence-corrected chi connectivity index (χ3v) is 3.22. The highest BCUT2D eigenvalue weighted by Gasteiger charge is 2.33. The number of benzene rings is 1. The van der Waals surface area contributed by atoms with Gasteiger partial charge in [-0.05, 0) is 30.8 Å². The number of nitriles is 1. The first-order valence-corrected chi connectivity index (χ1v) is 6.56. The van der Waals surface area contributed by atoms with Gasteiger partial charge < -0.3 is 4.74 Å². The van der Waals surface area contributed by atoms with Crippen molar-refractivity contribution in [1.82, 2.24) is 0 Å². The maximum absolute atomic E-state index is 12.5. The molecule has 0 aromatic heterocycles. The highest BCUT2D eigenvalue weighted by molar-refractivity contribution is 9.10. The molecule has 8 heteroatoms. The lowest BCUT2D eigenvalue weighted by atomic mass is 10.1. The monoisotopic (exact) mass is 353 g/mol. The zero-order valence-corrected chi connectivity index (χ0v) is 11.9. The topological polar surface area (TPSA) is 50.1 Å². The fourth-order valence-electron chi connectivity index (χ4n) is 1.26. The number of nitrogens with zero attached hydrogens (tertiary/aromatic N) is 1. The minimum absolute atomic E-state index is 0.0311. The van der Waals surface area contributed by atoms with Crippen molar-refractivity contribution in [2.45, 2.75) is 17.3 Å². The van der Waals surface area contributed by atoms with Gasteiger partial charge >= 0.3 is 11.5 Å². The van der Waals surface area contributed by atoms with Gasteiger partial charge in [0, 0.05) is 9.37 Å². The average Bonchev–Trinajstić information content (AvgIpc) is 2.29. The second-order valence-corrected chi connectivity index (χ2v) is 5.20. The first-order chi connectivity index (χ1) is 8.78. The Bertz CT molecular complexity index is 540. The van der Waals surface area contributed by atoms with Crippen molar-refractivity contribution >= 4 is 33.7 Å². The van der Waals surface area contributed by atoms with Gasteiger partial charge in [0.15, 0.2) is 0 Å². The van der Waals surface area contributed by atoms with Crippen LogP contribution in [-0.4, -0.2) is 18.1 Å². The number of rotatable bonds is 3. The summed E-state index contributed by atoms with van der Waals surface area (Å²) in [7, 11) is 0. The SMILES string of the molecule is CCOC(=O)c1cc(Br)cc(C#N)c1SC(F)(F)F. The maximum atomic E-state index is 12.5. The summed E-state index contributed by atoms with van der Waals surface area (Å²) in [5.41, 5.74) is -5.12. The van der Waals surface area contributed by atoms with Crippen LogP contribution in [0.2, 0.25) is 0 Å². The van der Waals surface area contributed by atoms with E-state index in [0.29, 0.717) is 4.47 Å². The Morgan fingerprint density at radius 1 is 1.53 bits per heavy atom. The van der Waals surface area contributed by atoms with Crippen molar-refractivity contribution < 1.29 is 22.7 Å². The Morgan fingerprint density at radius 2 is 2.16 bits per heavy atom. The highest BCUT2D eigenvalue weighted by Crippen LogP contribution is 2.41. The molecule has 1 aromatic carbocycles. The van der Waals surface area contributed by atoms with Crippen molar-refractivity contribution in [3.8, 4) is 6.07 Å². The number of halogens is 4. The van der Waals surface area contributed by atoms with Crippen LogP contribution in [0.1, 0.15) is 22.8 Å². The number of hydrogen-bond acceptors (Lipinski definition) is 4. The predicted molar refractivity (Wildman–Crippen MR) is 66.7 cm³/mol. The van der Waals surface area contributed by atoms with E-state index >= 15 is 0 Å². The van der Waals surface area contributed by atoms with E-state index in [4.69, 9.17) is 5.26 Å². The second kappa shape index (κ2) is 6.30. The number of alkyl halides is 3. The van der Waals surface area contributed by atoms with E-state index in [-0.39, 0.29) is 17.7 Å². The lowest BCUT2D eigenvalue weighted by Gasteiger charge is -2.12. The fraction of sp³-hybridized carbons (Fsp3) is 0.273. The largest absolute Gasteiger partial charge is 0.462 e. The van der Waals surface area contributed by atoms with Crippen LogP contribution in [-0.2, 0) is 4.74 Å². The molecule has 0 saturated carbocycles. The molecule has 0 aliphatic heterocycles. The molecule has 0 unspecified atom stereocenters. The van der Waals surface area contributed by atoms with Gasteiger partial charge in [-0.15, -0.1) is 0 Å². The van der Waals surface area contributed by atoms with E-state index in [1.54, 1.807) is 6.07 Å². The molecule has 19 heavy (non-hydrogen) atoms. The van der Waals surface area contributed by atoms with Crippen LogP contribution in [0.25, 0.3) is 0 Å². The van der Waals surface area contributed by atoms with Crippen LogP contribution in [0.15, 0.2) is 21.5 Å². The molecule has 3 nitrogen and oxygen atoms in total. The van der Waals surface area contributed by atoms with Gasteiger partial charge in [0.1, 0.15) is 6.07 Å². The summed E-state index contributed by atoms with van der Waals surface area (Å²) in [6.07, 6.45) is 0. The molecule has 0 aliphatic rings. The Balaban J connectivity index is 3.38. The molecule has 0 fully saturated rings. The van der Waals surface area contributed by atoms with Crippen molar-refractivity contribution in [2.75, 3.05) is 6.61 Å². The summed E-state index contributed by atoms with van der Waals surface area (Å²) >= 11 is 2.53. The minimum atomic E-state index is -4.60. The molecule has 1 aromatic rings. The zero-order chi connectivity index (χ0) is 14.6. The maximum Gasteiger partial charge on any atom is 0.446 e. The summed E-state index contributed by atoms with van der Waals surface area (Å²) in [6, 6.07) is 4.06. The summed E-state index contributed by atoms with van der Waals surface area (Å²) in [5.74, 6) is -0.896. The smallest absolute Gasteiger partial charge is 0.446 e. The lowest BCUT2D eigenvalue weighted by Crippen LogP contribution is -2.10. The normalized spacial score (nSPS) is 10.9.